The molecule has 0 spiro atoms. The maximum absolute atomic E-state index is 11.6. The fourth-order valence-electron chi connectivity index (χ4n) is 3.16. The predicted octanol–water partition coefficient (Wildman–Crippen LogP) is 6.34. The van der Waals surface area contributed by atoms with E-state index in [9.17, 15) is 9.59 Å². The highest BCUT2D eigenvalue weighted by Gasteiger charge is 2.23. The van der Waals surface area contributed by atoms with Crippen molar-refractivity contribution in [3.8, 4) is 0 Å². The topological polar surface area (TPSA) is 34.1 Å². The van der Waals surface area contributed by atoms with Crippen LogP contribution in [0.5, 0.6) is 0 Å². The van der Waals surface area contributed by atoms with Crippen LogP contribution in [0.3, 0.4) is 0 Å². The first-order chi connectivity index (χ1) is 12.1. The molecule has 0 aliphatic carbocycles. The average molecular weight is 359 g/mol. The van der Waals surface area contributed by atoms with Gasteiger partial charge in [-0.1, -0.05) is 64.8 Å². The zero-order valence-corrected chi connectivity index (χ0v) is 17.8. The molecule has 1 aromatic rings. The van der Waals surface area contributed by atoms with E-state index in [1.807, 2.05) is 27.7 Å². The third-order valence-corrected chi connectivity index (χ3v) is 6.02. The monoisotopic (exact) mass is 358 g/mol. The lowest BCUT2D eigenvalue weighted by Crippen LogP contribution is -2.21. The molecule has 0 amide bonds. The Balaban J connectivity index is 2.45. The Morgan fingerprint density at radius 2 is 1.04 bits per heavy atom. The van der Waals surface area contributed by atoms with Gasteiger partial charge in [0, 0.05) is 10.8 Å². The van der Waals surface area contributed by atoms with Crippen molar-refractivity contribution in [3.63, 3.8) is 0 Å². The van der Waals surface area contributed by atoms with Gasteiger partial charge < -0.3 is 0 Å². The minimum Gasteiger partial charge on any atom is -0.299 e. The first-order valence-corrected chi connectivity index (χ1v) is 10.1. The van der Waals surface area contributed by atoms with Crippen LogP contribution in [0.25, 0.3) is 0 Å². The van der Waals surface area contributed by atoms with Gasteiger partial charge in [-0.3, -0.25) is 9.59 Å². The summed E-state index contributed by atoms with van der Waals surface area (Å²) in [6.45, 7) is 11.6. The Labute approximate surface area is 160 Å². The SMILES string of the molecule is CC(=O)C(C)(C)CCCCc1ccccc1CCCCC(C)(C)C(C)=O. The molecule has 0 bridgehead atoms. The number of aryl methyl sites for hydroxylation is 2. The largest absolute Gasteiger partial charge is 0.299 e. The molecule has 0 aromatic heterocycles. The molecule has 0 saturated carbocycles. The van der Waals surface area contributed by atoms with Crippen LogP contribution in [-0.4, -0.2) is 11.6 Å². The molecule has 1 aromatic carbocycles. The van der Waals surface area contributed by atoms with Crippen molar-refractivity contribution in [2.24, 2.45) is 10.8 Å². The van der Waals surface area contributed by atoms with E-state index in [1.54, 1.807) is 13.8 Å². The molecular weight excluding hydrogens is 320 g/mol. The quantitative estimate of drug-likeness (QED) is 0.408. The van der Waals surface area contributed by atoms with Gasteiger partial charge in [0.15, 0.2) is 0 Å². The minimum atomic E-state index is -0.191. The molecule has 1 rings (SSSR count). The smallest absolute Gasteiger partial charge is 0.135 e. The van der Waals surface area contributed by atoms with Gasteiger partial charge in [0.25, 0.3) is 0 Å². The standard InChI is InChI=1S/C24H38O2/c1-19(25)23(3,4)17-11-9-15-21-13-7-8-14-22(21)16-10-12-18-24(5,6)20(2)26/h7-8,13-14H,9-12,15-18H2,1-6H3. The van der Waals surface area contributed by atoms with Gasteiger partial charge in [0.1, 0.15) is 11.6 Å². The average Bonchev–Trinajstić information content (AvgIpc) is 2.56. The Morgan fingerprint density at radius 3 is 1.35 bits per heavy atom. The number of benzene rings is 1. The van der Waals surface area contributed by atoms with Gasteiger partial charge in [-0.05, 0) is 63.5 Å². The molecule has 0 radical (unpaired) electrons. The van der Waals surface area contributed by atoms with Crippen molar-refractivity contribution in [1.82, 2.24) is 0 Å². The molecule has 146 valence electrons. The van der Waals surface area contributed by atoms with Crippen LogP contribution in [0, 0.1) is 10.8 Å². The maximum atomic E-state index is 11.6. The molecule has 0 fully saturated rings. The summed E-state index contributed by atoms with van der Waals surface area (Å²) < 4.78 is 0. The Hall–Kier alpha value is -1.44. The third kappa shape index (κ3) is 7.43. The number of Topliss-reactive ketones (excluding diaryl/α,β-unsaturated/α-hetero) is 2. The lowest BCUT2D eigenvalue weighted by molar-refractivity contribution is -0.125. The van der Waals surface area contributed by atoms with E-state index in [2.05, 4.69) is 24.3 Å². The molecule has 2 nitrogen and oxygen atoms in total. The summed E-state index contributed by atoms with van der Waals surface area (Å²) in [6.07, 6.45) is 8.54. The number of hydrogen-bond donors (Lipinski definition) is 0. The van der Waals surface area contributed by atoms with E-state index in [4.69, 9.17) is 0 Å². The molecule has 0 unspecified atom stereocenters. The van der Waals surface area contributed by atoms with Gasteiger partial charge in [-0.25, -0.2) is 0 Å². The number of unbranched alkanes of at least 4 members (excludes halogenated alkanes) is 2. The highest BCUT2D eigenvalue weighted by Crippen LogP contribution is 2.26. The first kappa shape index (κ1) is 22.6. The lowest BCUT2D eigenvalue weighted by atomic mass is 9.82. The van der Waals surface area contributed by atoms with Crippen molar-refractivity contribution in [3.05, 3.63) is 35.4 Å². The second-order valence-corrected chi connectivity index (χ2v) is 9.06. The van der Waals surface area contributed by atoms with Crippen LogP contribution >= 0.6 is 0 Å². The van der Waals surface area contributed by atoms with E-state index in [-0.39, 0.29) is 22.4 Å². The van der Waals surface area contributed by atoms with Crippen molar-refractivity contribution in [2.45, 2.75) is 92.9 Å². The summed E-state index contributed by atoms with van der Waals surface area (Å²) in [5.74, 6) is 0.567. The van der Waals surface area contributed by atoms with Crippen molar-refractivity contribution >= 4 is 11.6 Å². The predicted molar refractivity (Wildman–Crippen MR) is 110 cm³/mol. The maximum Gasteiger partial charge on any atom is 0.135 e. The van der Waals surface area contributed by atoms with E-state index < -0.39 is 0 Å². The van der Waals surface area contributed by atoms with Gasteiger partial charge in [-0.2, -0.15) is 0 Å². The zero-order chi connectivity index (χ0) is 19.8. The first-order valence-electron chi connectivity index (χ1n) is 10.1. The summed E-state index contributed by atoms with van der Waals surface area (Å²) in [6, 6.07) is 8.73. The molecule has 2 heteroatoms. The number of carbonyl (C=O) groups is 2. The summed E-state index contributed by atoms with van der Waals surface area (Å²) in [5, 5.41) is 0. The number of ketones is 2. The lowest BCUT2D eigenvalue weighted by Gasteiger charge is -2.21. The number of rotatable bonds is 12. The van der Waals surface area contributed by atoms with Gasteiger partial charge in [0.2, 0.25) is 0 Å². The molecule has 0 heterocycles. The molecule has 0 saturated heterocycles. The molecular formula is C24H38O2. The third-order valence-electron chi connectivity index (χ3n) is 6.02. The van der Waals surface area contributed by atoms with Crippen molar-refractivity contribution in [2.75, 3.05) is 0 Å². The van der Waals surface area contributed by atoms with Gasteiger partial charge in [0.05, 0.1) is 0 Å². The van der Waals surface area contributed by atoms with E-state index >= 15 is 0 Å². The molecule has 0 atom stereocenters. The second-order valence-electron chi connectivity index (χ2n) is 9.06. The van der Waals surface area contributed by atoms with Crippen LogP contribution in [0.15, 0.2) is 24.3 Å². The summed E-state index contributed by atoms with van der Waals surface area (Å²) in [7, 11) is 0. The number of carbonyl (C=O) groups excluding carboxylic acids is 2. The molecule has 0 aliphatic rings. The Morgan fingerprint density at radius 1 is 0.692 bits per heavy atom. The second kappa shape index (κ2) is 10.0. The van der Waals surface area contributed by atoms with Gasteiger partial charge >= 0.3 is 0 Å². The summed E-state index contributed by atoms with van der Waals surface area (Å²) >= 11 is 0. The van der Waals surface area contributed by atoms with E-state index in [0.29, 0.717) is 0 Å². The summed E-state index contributed by atoms with van der Waals surface area (Å²) in [5.41, 5.74) is 2.50. The molecule has 0 aliphatic heterocycles. The van der Waals surface area contributed by atoms with Crippen molar-refractivity contribution in [1.29, 1.82) is 0 Å². The van der Waals surface area contributed by atoms with Crippen LogP contribution in [0.2, 0.25) is 0 Å². The molecule has 0 N–H and O–H groups in total. The zero-order valence-electron chi connectivity index (χ0n) is 17.8. The number of hydrogen-bond acceptors (Lipinski definition) is 2. The molecule has 26 heavy (non-hydrogen) atoms. The van der Waals surface area contributed by atoms with Crippen molar-refractivity contribution < 1.29 is 9.59 Å². The van der Waals surface area contributed by atoms with Crippen LogP contribution < -0.4 is 0 Å². The van der Waals surface area contributed by atoms with Gasteiger partial charge in [-0.15, -0.1) is 0 Å². The van der Waals surface area contributed by atoms with Crippen LogP contribution in [0.1, 0.15) is 91.2 Å². The highest BCUT2D eigenvalue weighted by atomic mass is 16.1. The fraction of sp³-hybridized carbons (Fsp3) is 0.667. The van der Waals surface area contributed by atoms with Crippen LogP contribution in [-0.2, 0) is 22.4 Å². The normalized spacial score (nSPS) is 12.2. The van der Waals surface area contributed by atoms with E-state index in [1.165, 1.54) is 11.1 Å². The minimum absolute atomic E-state index is 0.191. The van der Waals surface area contributed by atoms with Crippen LogP contribution in [0.4, 0.5) is 0 Å². The summed E-state index contributed by atoms with van der Waals surface area (Å²) in [4.78, 5) is 23.2. The van der Waals surface area contributed by atoms with E-state index in [0.717, 1.165) is 51.4 Å². The Kier molecular flexibility index (Phi) is 8.73. The fourth-order valence-corrected chi connectivity index (χ4v) is 3.16. The highest BCUT2D eigenvalue weighted by molar-refractivity contribution is 5.81. The Bertz CT molecular complexity index is 543.